The van der Waals surface area contributed by atoms with Crippen LogP contribution < -0.4 is 0 Å². The second kappa shape index (κ2) is 12.3. The highest BCUT2D eigenvalue weighted by Crippen LogP contribution is 2.05. The molecule has 18 heavy (non-hydrogen) atoms. The molecule has 0 saturated heterocycles. The third-order valence-electron chi connectivity index (χ3n) is 2.29. The standard InChI is InChI=1S/C8H16O3.C4H8O3/c1-2-3-4-5-6-7(9)8(10)11;1-2-3(5)4(6)7/h7,9H,2-6H2,1H3,(H,10,11);3,5H,2H2,1H3,(H,6,7). The van der Waals surface area contributed by atoms with Gasteiger partial charge < -0.3 is 20.4 Å². The lowest BCUT2D eigenvalue weighted by Crippen LogP contribution is -2.18. The molecule has 0 aromatic heterocycles. The number of hydrogen-bond acceptors (Lipinski definition) is 4. The number of carbonyl (C=O) groups is 2. The van der Waals surface area contributed by atoms with Crippen LogP contribution in [-0.2, 0) is 9.59 Å². The quantitative estimate of drug-likeness (QED) is 0.490. The Kier molecular flexibility index (Phi) is 13.1. The number of rotatable bonds is 8. The zero-order valence-electron chi connectivity index (χ0n) is 11.0. The van der Waals surface area contributed by atoms with Gasteiger partial charge in [-0.1, -0.05) is 39.5 Å². The average Bonchev–Trinajstić information content (AvgIpc) is 2.33. The molecule has 2 unspecified atom stereocenters. The third-order valence-corrected chi connectivity index (χ3v) is 2.29. The Labute approximate surface area is 107 Å². The van der Waals surface area contributed by atoms with Crippen molar-refractivity contribution in [2.45, 2.75) is 64.6 Å². The predicted molar refractivity (Wildman–Crippen MR) is 66.3 cm³/mol. The second-order valence-corrected chi connectivity index (χ2v) is 3.97. The SMILES string of the molecule is CCC(O)C(=O)O.CCCCCCC(O)C(=O)O. The third kappa shape index (κ3) is 12.9. The van der Waals surface area contributed by atoms with E-state index in [-0.39, 0.29) is 6.42 Å². The first-order valence-corrected chi connectivity index (χ1v) is 6.18. The molecule has 0 aliphatic carbocycles. The lowest BCUT2D eigenvalue weighted by Gasteiger charge is -2.03. The van der Waals surface area contributed by atoms with Crippen LogP contribution >= 0.6 is 0 Å². The van der Waals surface area contributed by atoms with Gasteiger partial charge in [0.25, 0.3) is 0 Å². The number of aliphatic hydroxyl groups is 2. The first-order chi connectivity index (χ1) is 8.36. The van der Waals surface area contributed by atoms with Crippen LogP contribution in [0.1, 0.15) is 52.4 Å². The van der Waals surface area contributed by atoms with Gasteiger partial charge in [0.1, 0.15) is 0 Å². The van der Waals surface area contributed by atoms with Gasteiger partial charge in [0.15, 0.2) is 12.2 Å². The number of carboxylic acids is 2. The Morgan fingerprint density at radius 3 is 1.67 bits per heavy atom. The number of unbranched alkanes of at least 4 members (excludes halogenated alkanes) is 3. The first kappa shape index (κ1) is 19.2. The number of aliphatic carboxylic acids is 2. The van der Waals surface area contributed by atoms with Crippen molar-refractivity contribution in [3.63, 3.8) is 0 Å². The van der Waals surface area contributed by atoms with Crippen LogP contribution in [0.3, 0.4) is 0 Å². The van der Waals surface area contributed by atoms with E-state index in [0.29, 0.717) is 6.42 Å². The van der Waals surface area contributed by atoms with Crippen LogP contribution in [0.4, 0.5) is 0 Å². The average molecular weight is 264 g/mol. The molecule has 0 aliphatic rings. The van der Waals surface area contributed by atoms with Crippen molar-refractivity contribution in [1.82, 2.24) is 0 Å². The van der Waals surface area contributed by atoms with Crippen LogP contribution in [0.15, 0.2) is 0 Å². The molecule has 0 spiro atoms. The van der Waals surface area contributed by atoms with Crippen molar-refractivity contribution in [2.24, 2.45) is 0 Å². The maximum Gasteiger partial charge on any atom is 0.332 e. The minimum Gasteiger partial charge on any atom is -0.479 e. The zero-order chi connectivity index (χ0) is 14.6. The van der Waals surface area contributed by atoms with Gasteiger partial charge >= 0.3 is 11.9 Å². The van der Waals surface area contributed by atoms with Crippen molar-refractivity contribution < 1.29 is 30.0 Å². The summed E-state index contributed by atoms with van der Waals surface area (Å²) < 4.78 is 0. The van der Waals surface area contributed by atoms with E-state index in [2.05, 4.69) is 6.92 Å². The molecule has 0 aliphatic heterocycles. The highest BCUT2D eigenvalue weighted by Gasteiger charge is 2.11. The monoisotopic (exact) mass is 264 g/mol. The van der Waals surface area contributed by atoms with Crippen molar-refractivity contribution in [3.8, 4) is 0 Å². The molecule has 6 nitrogen and oxygen atoms in total. The topological polar surface area (TPSA) is 115 Å². The lowest BCUT2D eigenvalue weighted by atomic mass is 10.1. The highest BCUT2D eigenvalue weighted by molar-refractivity contribution is 5.72. The zero-order valence-corrected chi connectivity index (χ0v) is 11.0. The largest absolute Gasteiger partial charge is 0.479 e. The predicted octanol–water partition coefficient (Wildman–Crippen LogP) is 1.24. The molecule has 4 N–H and O–H groups in total. The van der Waals surface area contributed by atoms with E-state index in [9.17, 15) is 9.59 Å². The summed E-state index contributed by atoms with van der Waals surface area (Å²) in [4.78, 5) is 19.8. The fraction of sp³-hybridized carbons (Fsp3) is 0.833. The Balaban J connectivity index is 0. The van der Waals surface area contributed by atoms with Gasteiger partial charge in [-0.3, -0.25) is 0 Å². The minimum absolute atomic E-state index is 0.273. The molecule has 0 heterocycles. The summed E-state index contributed by atoms with van der Waals surface area (Å²) in [6, 6.07) is 0. The maximum atomic E-state index is 10.1. The Bertz CT molecular complexity index is 229. The van der Waals surface area contributed by atoms with Crippen molar-refractivity contribution in [3.05, 3.63) is 0 Å². The van der Waals surface area contributed by atoms with Crippen LogP contribution in [-0.4, -0.2) is 44.6 Å². The summed E-state index contributed by atoms with van der Waals surface area (Å²) in [7, 11) is 0. The van der Waals surface area contributed by atoms with Gasteiger partial charge in [-0.05, 0) is 12.8 Å². The fourth-order valence-corrected chi connectivity index (χ4v) is 1.06. The molecule has 0 aromatic carbocycles. The molecule has 2 atom stereocenters. The molecule has 0 saturated carbocycles. The number of carboxylic acid groups (broad SMARTS) is 2. The molecular formula is C12H24O6. The van der Waals surface area contributed by atoms with E-state index >= 15 is 0 Å². The van der Waals surface area contributed by atoms with Crippen LogP contribution in [0.5, 0.6) is 0 Å². The second-order valence-electron chi connectivity index (χ2n) is 3.97. The Morgan fingerprint density at radius 2 is 1.39 bits per heavy atom. The molecule has 0 amide bonds. The molecule has 0 rings (SSSR count). The summed E-state index contributed by atoms with van der Waals surface area (Å²) in [6.07, 6.45) is 2.38. The van der Waals surface area contributed by atoms with Crippen LogP contribution in [0, 0.1) is 0 Å². The number of hydrogen-bond donors (Lipinski definition) is 4. The van der Waals surface area contributed by atoms with E-state index in [1.54, 1.807) is 6.92 Å². The fourth-order valence-electron chi connectivity index (χ4n) is 1.06. The molecule has 6 heteroatoms. The summed E-state index contributed by atoms with van der Waals surface area (Å²) in [5.74, 6) is -2.26. The van der Waals surface area contributed by atoms with E-state index < -0.39 is 24.1 Å². The van der Waals surface area contributed by atoms with Crippen LogP contribution in [0.25, 0.3) is 0 Å². The summed E-state index contributed by atoms with van der Waals surface area (Å²) in [6.45, 7) is 3.70. The molecule has 0 aromatic rings. The Morgan fingerprint density at radius 1 is 0.889 bits per heavy atom. The van der Waals surface area contributed by atoms with Gasteiger partial charge in [-0.2, -0.15) is 0 Å². The van der Waals surface area contributed by atoms with Gasteiger partial charge in [0.05, 0.1) is 0 Å². The van der Waals surface area contributed by atoms with Crippen molar-refractivity contribution >= 4 is 11.9 Å². The minimum atomic E-state index is -1.18. The molecule has 0 radical (unpaired) electrons. The van der Waals surface area contributed by atoms with Crippen molar-refractivity contribution in [2.75, 3.05) is 0 Å². The van der Waals surface area contributed by atoms with Gasteiger partial charge in [0.2, 0.25) is 0 Å². The lowest BCUT2D eigenvalue weighted by molar-refractivity contribution is -0.147. The van der Waals surface area contributed by atoms with Gasteiger partial charge in [-0.25, -0.2) is 9.59 Å². The summed E-state index contributed by atoms with van der Waals surface area (Å²) in [5, 5.41) is 33.4. The maximum absolute atomic E-state index is 10.1. The van der Waals surface area contributed by atoms with E-state index in [0.717, 1.165) is 25.7 Å². The molecule has 0 bridgehead atoms. The molecular weight excluding hydrogens is 240 g/mol. The van der Waals surface area contributed by atoms with E-state index in [1.165, 1.54) is 0 Å². The molecule has 108 valence electrons. The number of aliphatic hydroxyl groups excluding tert-OH is 2. The Hall–Kier alpha value is -1.14. The highest BCUT2D eigenvalue weighted by atomic mass is 16.4. The van der Waals surface area contributed by atoms with E-state index in [1.807, 2.05) is 0 Å². The summed E-state index contributed by atoms with van der Waals surface area (Å²) in [5.41, 5.74) is 0. The normalized spacial score (nSPS) is 13.1. The first-order valence-electron chi connectivity index (χ1n) is 6.18. The molecule has 0 fully saturated rings. The summed E-state index contributed by atoms with van der Waals surface area (Å²) >= 11 is 0. The smallest absolute Gasteiger partial charge is 0.332 e. The van der Waals surface area contributed by atoms with Gasteiger partial charge in [0, 0.05) is 0 Å². The van der Waals surface area contributed by atoms with E-state index in [4.69, 9.17) is 20.4 Å². The van der Waals surface area contributed by atoms with Crippen molar-refractivity contribution in [1.29, 1.82) is 0 Å². The van der Waals surface area contributed by atoms with Gasteiger partial charge in [-0.15, -0.1) is 0 Å². The van der Waals surface area contributed by atoms with Crippen LogP contribution in [0.2, 0.25) is 0 Å².